The van der Waals surface area contributed by atoms with Crippen LogP contribution in [0.15, 0.2) is 58.5 Å². The predicted octanol–water partition coefficient (Wildman–Crippen LogP) is 10.4. The van der Waals surface area contributed by atoms with E-state index in [2.05, 4.69) is 95.2 Å². The average molecular weight is 569 g/mol. The Kier molecular flexibility index (Phi) is 9.51. The highest BCUT2D eigenvalue weighted by molar-refractivity contribution is 5.90. The number of hydrogen-bond donors (Lipinski definition) is 2. The number of aliphatic imine (C=N–C) groups is 2. The lowest BCUT2D eigenvalue weighted by Crippen LogP contribution is -2.15. The lowest BCUT2D eigenvalue weighted by Gasteiger charge is -2.25. The second-order valence-electron chi connectivity index (χ2n) is 16.1. The van der Waals surface area contributed by atoms with Crippen LogP contribution in [0.5, 0.6) is 11.5 Å². The minimum absolute atomic E-state index is 0.116. The van der Waals surface area contributed by atoms with Crippen molar-refractivity contribution >= 4 is 23.8 Å². The van der Waals surface area contributed by atoms with Crippen molar-refractivity contribution in [2.45, 2.75) is 107 Å². The van der Waals surface area contributed by atoms with E-state index in [4.69, 9.17) is 9.98 Å². The van der Waals surface area contributed by atoms with Crippen molar-refractivity contribution in [3.63, 3.8) is 0 Å². The summed E-state index contributed by atoms with van der Waals surface area (Å²) in [5.74, 6) is 0.528. The van der Waals surface area contributed by atoms with Gasteiger partial charge in [-0.15, -0.1) is 0 Å². The first-order chi connectivity index (χ1) is 19.1. The van der Waals surface area contributed by atoms with Gasteiger partial charge in [0.2, 0.25) is 0 Å². The summed E-state index contributed by atoms with van der Waals surface area (Å²) in [6.45, 7) is 26.0. The SMILES string of the molecule is CC(C)(C)Cc1cc(C=Nc2ccccc2N=Cc2cc(CC(C)(C)C)cc(C(C)(C)C)c2O)c(O)c(C(C)(C)C)c1. The molecular weight excluding hydrogens is 516 g/mol. The molecule has 0 saturated carbocycles. The van der Waals surface area contributed by atoms with Crippen LogP contribution in [0.1, 0.15) is 116 Å². The van der Waals surface area contributed by atoms with Gasteiger partial charge < -0.3 is 10.2 Å². The molecule has 4 heteroatoms. The molecule has 0 amide bonds. The second kappa shape index (κ2) is 12.1. The van der Waals surface area contributed by atoms with Crippen LogP contribution in [0.3, 0.4) is 0 Å². The second-order valence-corrected chi connectivity index (χ2v) is 16.1. The number of phenols is 2. The van der Waals surface area contributed by atoms with Crippen molar-refractivity contribution < 1.29 is 10.2 Å². The van der Waals surface area contributed by atoms with Gasteiger partial charge in [0, 0.05) is 34.7 Å². The van der Waals surface area contributed by atoms with E-state index in [1.54, 1.807) is 12.4 Å². The zero-order valence-corrected chi connectivity index (χ0v) is 28.0. The van der Waals surface area contributed by atoms with Gasteiger partial charge in [-0.25, -0.2) is 0 Å². The number of phenolic OH excluding ortho intramolecular Hbond substituents is 2. The number of rotatable bonds is 6. The van der Waals surface area contributed by atoms with Crippen molar-refractivity contribution in [1.29, 1.82) is 0 Å². The predicted molar refractivity (Wildman–Crippen MR) is 181 cm³/mol. The van der Waals surface area contributed by atoms with Gasteiger partial charge in [-0.3, -0.25) is 9.98 Å². The van der Waals surface area contributed by atoms with Crippen molar-refractivity contribution in [3.05, 3.63) is 81.9 Å². The molecule has 0 fully saturated rings. The van der Waals surface area contributed by atoms with Crippen LogP contribution in [-0.4, -0.2) is 22.6 Å². The molecule has 0 radical (unpaired) electrons. The molecule has 42 heavy (non-hydrogen) atoms. The van der Waals surface area contributed by atoms with Crippen molar-refractivity contribution in [1.82, 2.24) is 0 Å². The Balaban J connectivity index is 2.06. The molecule has 0 aliphatic carbocycles. The smallest absolute Gasteiger partial charge is 0.128 e. The van der Waals surface area contributed by atoms with Crippen molar-refractivity contribution in [2.24, 2.45) is 20.8 Å². The molecule has 0 saturated heterocycles. The topological polar surface area (TPSA) is 65.2 Å². The molecule has 226 valence electrons. The van der Waals surface area contributed by atoms with E-state index >= 15 is 0 Å². The third-order valence-corrected chi connectivity index (χ3v) is 7.05. The largest absolute Gasteiger partial charge is 0.507 e. The average Bonchev–Trinajstić information content (AvgIpc) is 2.81. The van der Waals surface area contributed by atoms with E-state index in [9.17, 15) is 10.2 Å². The molecule has 0 aliphatic rings. The molecule has 0 spiro atoms. The van der Waals surface area contributed by atoms with Gasteiger partial charge in [0.05, 0.1) is 11.4 Å². The van der Waals surface area contributed by atoms with Gasteiger partial charge in [0.15, 0.2) is 0 Å². The fourth-order valence-electron chi connectivity index (χ4n) is 5.17. The normalized spacial score (nSPS) is 13.4. The Hall–Kier alpha value is -3.40. The Labute approximate surface area is 254 Å². The highest BCUT2D eigenvalue weighted by atomic mass is 16.3. The van der Waals surface area contributed by atoms with Gasteiger partial charge in [0.25, 0.3) is 0 Å². The van der Waals surface area contributed by atoms with Crippen LogP contribution in [0.2, 0.25) is 0 Å². The van der Waals surface area contributed by atoms with E-state index in [-0.39, 0.29) is 33.2 Å². The van der Waals surface area contributed by atoms with Crippen LogP contribution >= 0.6 is 0 Å². The summed E-state index contributed by atoms with van der Waals surface area (Å²) in [6.07, 6.45) is 5.27. The first kappa shape index (κ1) is 33.1. The number of hydrogen-bond acceptors (Lipinski definition) is 4. The maximum atomic E-state index is 11.2. The van der Waals surface area contributed by atoms with E-state index in [0.29, 0.717) is 22.5 Å². The zero-order valence-electron chi connectivity index (χ0n) is 28.0. The van der Waals surface area contributed by atoms with Gasteiger partial charge >= 0.3 is 0 Å². The lowest BCUT2D eigenvalue weighted by atomic mass is 9.81. The minimum Gasteiger partial charge on any atom is -0.507 e. The zero-order chi connectivity index (χ0) is 31.7. The number of benzene rings is 3. The van der Waals surface area contributed by atoms with Crippen LogP contribution in [-0.2, 0) is 23.7 Å². The summed E-state index contributed by atoms with van der Waals surface area (Å²) in [5.41, 5.74) is 6.77. The molecule has 2 N–H and O–H groups in total. The summed E-state index contributed by atoms with van der Waals surface area (Å²) >= 11 is 0. The molecule has 0 aromatic heterocycles. The Morgan fingerprint density at radius 2 is 0.881 bits per heavy atom. The molecule has 0 heterocycles. The molecule has 4 nitrogen and oxygen atoms in total. The van der Waals surface area contributed by atoms with E-state index in [1.165, 1.54) is 11.1 Å². The fourth-order valence-corrected chi connectivity index (χ4v) is 5.17. The van der Waals surface area contributed by atoms with Crippen LogP contribution in [0, 0.1) is 10.8 Å². The monoisotopic (exact) mass is 568 g/mol. The highest BCUT2D eigenvalue weighted by Gasteiger charge is 2.24. The molecule has 3 aromatic rings. The first-order valence-electron chi connectivity index (χ1n) is 15.0. The highest BCUT2D eigenvalue weighted by Crippen LogP contribution is 2.38. The van der Waals surface area contributed by atoms with Crippen LogP contribution in [0.25, 0.3) is 0 Å². The summed E-state index contributed by atoms with van der Waals surface area (Å²) < 4.78 is 0. The lowest BCUT2D eigenvalue weighted by molar-refractivity contribution is 0.408. The number of para-hydroxylation sites is 2. The standard InChI is InChI=1S/C38H52N2O2/c1-35(2,3)21-25-17-27(33(41)29(19-25)37(7,8)9)23-39-31-15-13-14-16-32(31)40-24-28-18-26(22-36(4,5)6)20-30(34(28)42)38(10,11)12/h13-20,23-24,41-42H,21-22H2,1-12H3. The van der Waals surface area contributed by atoms with Gasteiger partial charge in [-0.1, -0.05) is 107 Å². The third kappa shape index (κ3) is 9.05. The maximum absolute atomic E-state index is 11.2. The molecule has 3 aromatic carbocycles. The quantitative estimate of drug-likeness (QED) is 0.291. The van der Waals surface area contributed by atoms with Gasteiger partial charge in [-0.05, 0) is 69.9 Å². The molecule has 3 rings (SSSR count). The summed E-state index contributed by atoms with van der Waals surface area (Å²) in [5, 5.41) is 22.5. The molecule has 0 bridgehead atoms. The van der Waals surface area contributed by atoms with Crippen molar-refractivity contribution in [2.75, 3.05) is 0 Å². The van der Waals surface area contributed by atoms with Crippen LogP contribution in [0.4, 0.5) is 11.4 Å². The molecule has 0 atom stereocenters. The number of nitrogens with zero attached hydrogens (tertiary/aromatic N) is 2. The Bertz CT molecular complexity index is 1350. The maximum Gasteiger partial charge on any atom is 0.128 e. The van der Waals surface area contributed by atoms with Gasteiger partial charge in [-0.2, -0.15) is 0 Å². The Morgan fingerprint density at radius 3 is 1.17 bits per heavy atom. The minimum atomic E-state index is -0.210. The Morgan fingerprint density at radius 1 is 0.548 bits per heavy atom. The van der Waals surface area contributed by atoms with E-state index in [1.807, 2.05) is 36.4 Å². The molecular formula is C38H52N2O2. The van der Waals surface area contributed by atoms with Crippen LogP contribution < -0.4 is 0 Å². The summed E-state index contributed by atoms with van der Waals surface area (Å²) in [7, 11) is 0. The first-order valence-corrected chi connectivity index (χ1v) is 15.0. The molecule has 0 unspecified atom stereocenters. The van der Waals surface area contributed by atoms with Crippen molar-refractivity contribution in [3.8, 4) is 11.5 Å². The van der Waals surface area contributed by atoms with E-state index in [0.717, 1.165) is 24.0 Å². The van der Waals surface area contributed by atoms with Gasteiger partial charge in [0.1, 0.15) is 11.5 Å². The number of aromatic hydroxyl groups is 2. The summed E-state index contributed by atoms with van der Waals surface area (Å²) in [6, 6.07) is 16.0. The summed E-state index contributed by atoms with van der Waals surface area (Å²) in [4.78, 5) is 9.59. The van der Waals surface area contributed by atoms with E-state index < -0.39 is 0 Å². The molecule has 0 aliphatic heterocycles. The fraction of sp³-hybridized carbons (Fsp3) is 0.474. The third-order valence-electron chi connectivity index (χ3n) is 7.05.